The van der Waals surface area contributed by atoms with Crippen molar-refractivity contribution in [3.05, 3.63) is 41.9 Å². The van der Waals surface area contributed by atoms with Crippen molar-refractivity contribution in [2.24, 2.45) is 0 Å². The van der Waals surface area contributed by atoms with Crippen molar-refractivity contribution in [1.82, 2.24) is 15.3 Å². The van der Waals surface area contributed by atoms with Crippen LogP contribution in [0.1, 0.15) is 24.2 Å². The van der Waals surface area contributed by atoms with E-state index in [0.717, 1.165) is 36.1 Å². The highest BCUT2D eigenvalue weighted by atomic mass is 15.0. The zero-order valence-corrected chi connectivity index (χ0v) is 10.7. The predicted octanol–water partition coefficient (Wildman–Crippen LogP) is 2.24. The van der Waals surface area contributed by atoms with E-state index in [-0.39, 0.29) is 0 Å². The summed E-state index contributed by atoms with van der Waals surface area (Å²) in [5.41, 5.74) is 2.75. The first kappa shape index (κ1) is 11.9. The summed E-state index contributed by atoms with van der Waals surface area (Å²) in [6.45, 7) is 0.977. The number of H-pyrrole nitrogens is 1. The van der Waals surface area contributed by atoms with Gasteiger partial charge in [-0.25, -0.2) is 4.98 Å². The molecule has 0 unspecified atom stereocenters. The molecule has 0 saturated heterocycles. The van der Waals surface area contributed by atoms with Gasteiger partial charge in [-0.3, -0.25) is 0 Å². The van der Waals surface area contributed by atoms with E-state index in [2.05, 4.69) is 21.4 Å². The Hall–Kier alpha value is -2.12. The van der Waals surface area contributed by atoms with Gasteiger partial charge in [-0.15, -0.1) is 0 Å². The highest BCUT2D eigenvalue weighted by Gasteiger charge is 2.19. The maximum absolute atomic E-state index is 8.77. The van der Waals surface area contributed by atoms with Crippen molar-refractivity contribution in [3.63, 3.8) is 0 Å². The Morgan fingerprint density at radius 1 is 1.32 bits per heavy atom. The largest absolute Gasteiger partial charge is 0.342 e. The van der Waals surface area contributed by atoms with Crippen LogP contribution < -0.4 is 5.32 Å². The van der Waals surface area contributed by atoms with Crippen molar-refractivity contribution < 1.29 is 0 Å². The first-order valence-electron chi connectivity index (χ1n) is 6.63. The number of aromatic amines is 1. The van der Waals surface area contributed by atoms with Gasteiger partial charge in [0.15, 0.2) is 0 Å². The first-order valence-corrected chi connectivity index (χ1v) is 6.63. The van der Waals surface area contributed by atoms with Crippen LogP contribution in [0.2, 0.25) is 0 Å². The molecule has 0 atom stereocenters. The number of nitriles is 1. The summed E-state index contributed by atoms with van der Waals surface area (Å²) in [6, 6.07) is 10.4. The number of hydrogen-bond donors (Lipinski definition) is 2. The number of aromatic nitrogens is 2. The molecule has 1 aromatic carbocycles. The molecule has 2 N–H and O–H groups in total. The number of imidazole rings is 1. The number of benzene rings is 1. The van der Waals surface area contributed by atoms with E-state index in [9.17, 15) is 0 Å². The number of rotatable bonds is 5. The third-order valence-corrected chi connectivity index (χ3v) is 3.33. The van der Waals surface area contributed by atoms with Crippen LogP contribution in [-0.4, -0.2) is 22.6 Å². The summed E-state index contributed by atoms with van der Waals surface area (Å²) in [5.74, 6) is 1.01. The summed E-state index contributed by atoms with van der Waals surface area (Å²) in [6.07, 6.45) is 5.41. The van der Waals surface area contributed by atoms with Crippen molar-refractivity contribution >= 4 is 0 Å². The minimum Gasteiger partial charge on any atom is -0.342 e. The molecule has 2 aromatic rings. The third kappa shape index (κ3) is 3.01. The second-order valence-corrected chi connectivity index (χ2v) is 4.91. The maximum Gasteiger partial charge on any atom is 0.107 e. The average Bonchev–Trinajstić information content (AvgIpc) is 3.15. The Kier molecular flexibility index (Phi) is 3.30. The summed E-state index contributed by atoms with van der Waals surface area (Å²) in [4.78, 5) is 7.72. The molecule has 0 spiro atoms. The lowest BCUT2D eigenvalue weighted by atomic mass is 10.1. The Labute approximate surface area is 112 Å². The molecule has 1 aromatic heterocycles. The summed E-state index contributed by atoms with van der Waals surface area (Å²) in [5, 5.41) is 12.2. The summed E-state index contributed by atoms with van der Waals surface area (Å²) < 4.78 is 0. The lowest BCUT2D eigenvalue weighted by molar-refractivity contribution is 0.669. The zero-order chi connectivity index (χ0) is 13.1. The molecular weight excluding hydrogens is 236 g/mol. The lowest BCUT2D eigenvalue weighted by Crippen LogP contribution is -2.19. The van der Waals surface area contributed by atoms with Crippen molar-refractivity contribution in [3.8, 4) is 17.3 Å². The first-order chi connectivity index (χ1) is 9.35. The molecule has 4 nitrogen and oxygen atoms in total. The van der Waals surface area contributed by atoms with Crippen LogP contribution in [0.5, 0.6) is 0 Å². The van der Waals surface area contributed by atoms with E-state index in [0.29, 0.717) is 5.56 Å². The van der Waals surface area contributed by atoms with Crippen molar-refractivity contribution in [1.29, 1.82) is 5.26 Å². The fourth-order valence-electron chi connectivity index (χ4n) is 2.04. The quantitative estimate of drug-likeness (QED) is 0.857. The molecule has 0 aliphatic heterocycles. The van der Waals surface area contributed by atoms with Gasteiger partial charge < -0.3 is 10.3 Å². The van der Waals surface area contributed by atoms with Crippen LogP contribution in [0.4, 0.5) is 0 Å². The SMILES string of the molecule is N#Cc1ccc(-c2cnc(CCNC3CC3)[nH]2)cc1. The van der Waals surface area contributed by atoms with Crippen LogP contribution in [0.3, 0.4) is 0 Å². The van der Waals surface area contributed by atoms with Crippen LogP contribution in [-0.2, 0) is 6.42 Å². The van der Waals surface area contributed by atoms with Crippen LogP contribution in [0.15, 0.2) is 30.5 Å². The van der Waals surface area contributed by atoms with Gasteiger partial charge >= 0.3 is 0 Å². The third-order valence-electron chi connectivity index (χ3n) is 3.33. The van der Waals surface area contributed by atoms with Crippen LogP contribution in [0, 0.1) is 11.3 Å². The van der Waals surface area contributed by atoms with E-state index in [1.54, 1.807) is 0 Å². The maximum atomic E-state index is 8.77. The molecule has 19 heavy (non-hydrogen) atoms. The van der Waals surface area contributed by atoms with Gasteiger partial charge in [0.2, 0.25) is 0 Å². The van der Waals surface area contributed by atoms with Gasteiger partial charge in [0.1, 0.15) is 5.82 Å². The van der Waals surface area contributed by atoms with Gasteiger partial charge in [0.05, 0.1) is 23.5 Å². The predicted molar refractivity (Wildman–Crippen MR) is 73.5 cm³/mol. The lowest BCUT2D eigenvalue weighted by Gasteiger charge is -2.00. The van der Waals surface area contributed by atoms with E-state index in [4.69, 9.17) is 5.26 Å². The minimum absolute atomic E-state index is 0.678. The number of hydrogen-bond acceptors (Lipinski definition) is 3. The summed E-state index contributed by atoms with van der Waals surface area (Å²) >= 11 is 0. The van der Waals surface area contributed by atoms with Crippen LogP contribution in [0.25, 0.3) is 11.3 Å². The number of nitrogens with one attached hydrogen (secondary N) is 2. The van der Waals surface area contributed by atoms with E-state index in [1.807, 2.05) is 30.5 Å². The Morgan fingerprint density at radius 2 is 2.11 bits per heavy atom. The molecule has 0 radical (unpaired) electrons. The Morgan fingerprint density at radius 3 is 2.79 bits per heavy atom. The zero-order valence-electron chi connectivity index (χ0n) is 10.7. The molecule has 96 valence electrons. The molecule has 1 fully saturated rings. The Balaban J connectivity index is 1.63. The topological polar surface area (TPSA) is 64.5 Å². The second kappa shape index (κ2) is 5.25. The van der Waals surface area contributed by atoms with Crippen molar-refractivity contribution in [2.45, 2.75) is 25.3 Å². The molecule has 1 heterocycles. The van der Waals surface area contributed by atoms with Crippen LogP contribution >= 0.6 is 0 Å². The highest BCUT2D eigenvalue weighted by molar-refractivity contribution is 5.59. The minimum atomic E-state index is 0.678. The smallest absolute Gasteiger partial charge is 0.107 e. The molecule has 0 bridgehead atoms. The fraction of sp³-hybridized carbons (Fsp3) is 0.333. The molecule has 4 heteroatoms. The fourth-order valence-corrected chi connectivity index (χ4v) is 2.04. The highest BCUT2D eigenvalue weighted by Crippen LogP contribution is 2.19. The molecule has 1 saturated carbocycles. The Bertz CT molecular complexity index is 587. The van der Waals surface area contributed by atoms with Gasteiger partial charge in [-0.2, -0.15) is 5.26 Å². The van der Waals surface area contributed by atoms with Gasteiger partial charge in [0.25, 0.3) is 0 Å². The monoisotopic (exact) mass is 252 g/mol. The van der Waals surface area contributed by atoms with E-state index < -0.39 is 0 Å². The van der Waals surface area contributed by atoms with E-state index in [1.165, 1.54) is 12.8 Å². The number of nitrogens with zero attached hydrogens (tertiary/aromatic N) is 2. The second-order valence-electron chi connectivity index (χ2n) is 4.91. The summed E-state index contributed by atoms with van der Waals surface area (Å²) in [7, 11) is 0. The standard InChI is InChI=1S/C15H16N4/c16-9-11-1-3-12(4-2-11)14-10-18-15(19-14)7-8-17-13-5-6-13/h1-4,10,13,17H,5-8H2,(H,18,19). The van der Waals surface area contributed by atoms with Gasteiger partial charge in [0, 0.05) is 19.0 Å². The molecule has 3 rings (SSSR count). The van der Waals surface area contributed by atoms with Crippen molar-refractivity contribution in [2.75, 3.05) is 6.54 Å². The molecule has 1 aliphatic carbocycles. The van der Waals surface area contributed by atoms with Gasteiger partial charge in [-0.05, 0) is 30.5 Å². The van der Waals surface area contributed by atoms with Gasteiger partial charge in [-0.1, -0.05) is 12.1 Å². The molecule has 0 amide bonds. The average molecular weight is 252 g/mol. The molecule has 1 aliphatic rings. The molecular formula is C15H16N4. The normalized spacial score (nSPS) is 14.3. The van der Waals surface area contributed by atoms with E-state index >= 15 is 0 Å².